The number of rotatable bonds is 7. The van der Waals surface area contributed by atoms with E-state index in [1.807, 2.05) is 38.1 Å². The maximum atomic E-state index is 13.5. The highest BCUT2D eigenvalue weighted by Gasteiger charge is 2.54. The van der Waals surface area contributed by atoms with Crippen molar-refractivity contribution in [2.75, 3.05) is 6.61 Å². The first-order valence-corrected chi connectivity index (χ1v) is 12.8. The quantitative estimate of drug-likeness (QED) is 0.348. The van der Waals surface area contributed by atoms with Gasteiger partial charge in [0.25, 0.3) is 0 Å². The first-order chi connectivity index (χ1) is 16.0. The average molecular weight is 454 g/mol. The van der Waals surface area contributed by atoms with Crippen LogP contribution in [0.3, 0.4) is 0 Å². The van der Waals surface area contributed by atoms with Gasteiger partial charge in [-0.2, -0.15) is 0 Å². The highest BCUT2D eigenvalue weighted by atomic mass is 19.1. The summed E-state index contributed by atoms with van der Waals surface area (Å²) in [5.41, 5.74) is 2.54. The van der Waals surface area contributed by atoms with Gasteiger partial charge in [0.15, 0.2) is 5.79 Å². The Hall–Kier alpha value is -2.04. The fourth-order valence-electron chi connectivity index (χ4n) is 5.62. The van der Waals surface area contributed by atoms with Crippen LogP contribution in [0.25, 0.3) is 17.2 Å². The minimum atomic E-state index is -1.08. The van der Waals surface area contributed by atoms with Crippen molar-refractivity contribution >= 4 is 6.08 Å². The zero-order chi connectivity index (χ0) is 23.8. The normalized spacial score (nSPS) is 28.9. The van der Waals surface area contributed by atoms with Gasteiger partial charge < -0.3 is 9.84 Å². The van der Waals surface area contributed by atoms with Gasteiger partial charge >= 0.3 is 0 Å². The fraction of sp³-hybridized carbons (Fsp3) is 0.552. The van der Waals surface area contributed by atoms with Crippen molar-refractivity contribution in [2.24, 2.45) is 23.7 Å². The SMILES string of the molecule is CC.CCCCOC1(O)CC2CCC[C@@H](C)C2C1/C=C/c1ccc(-c2cccc(F)c2)cn1. The van der Waals surface area contributed by atoms with Gasteiger partial charge in [-0.1, -0.05) is 71.2 Å². The van der Waals surface area contributed by atoms with E-state index in [-0.39, 0.29) is 11.7 Å². The van der Waals surface area contributed by atoms with Crippen LogP contribution in [-0.4, -0.2) is 22.5 Å². The summed E-state index contributed by atoms with van der Waals surface area (Å²) in [6.07, 6.45) is 12.3. The second kappa shape index (κ2) is 11.9. The minimum absolute atomic E-state index is 0.0191. The molecular weight excluding hydrogens is 413 g/mol. The molecule has 3 nitrogen and oxygen atoms in total. The number of aliphatic hydroxyl groups is 1. The number of nitrogens with zero attached hydrogens (tertiary/aromatic N) is 1. The van der Waals surface area contributed by atoms with Crippen molar-refractivity contribution in [1.82, 2.24) is 4.98 Å². The smallest absolute Gasteiger partial charge is 0.172 e. The minimum Gasteiger partial charge on any atom is -0.365 e. The Morgan fingerprint density at radius 3 is 2.70 bits per heavy atom. The van der Waals surface area contributed by atoms with Crippen LogP contribution in [0.2, 0.25) is 0 Å². The number of benzene rings is 1. The monoisotopic (exact) mass is 453 g/mol. The van der Waals surface area contributed by atoms with Crippen LogP contribution in [0.5, 0.6) is 0 Å². The van der Waals surface area contributed by atoms with Crippen LogP contribution >= 0.6 is 0 Å². The average Bonchev–Trinajstić information content (AvgIpc) is 3.12. The lowest BCUT2D eigenvalue weighted by molar-refractivity contribution is -0.221. The molecule has 4 rings (SSSR count). The molecule has 2 fully saturated rings. The molecule has 5 atom stereocenters. The number of unbranched alkanes of at least 4 members (excludes halogenated alkanes) is 1. The highest BCUT2D eigenvalue weighted by Crippen LogP contribution is 2.54. The van der Waals surface area contributed by atoms with Gasteiger partial charge in [0.2, 0.25) is 0 Å². The van der Waals surface area contributed by atoms with E-state index in [1.165, 1.54) is 31.4 Å². The maximum Gasteiger partial charge on any atom is 0.172 e. The van der Waals surface area contributed by atoms with Crippen molar-refractivity contribution in [3.8, 4) is 11.1 Å². The topological polar surface area (TPSA) is 42.4 Å². The van der Waals surface area contributed by atoms with Crippen LogP contribution < -0.4 is 0 Å². The van der Waals surface area contributed by atoms with Gasteiger partial charge in [-0.3, -0.25) is 4.98 Å². The lowest BCUT2D eigenvalue weighted by Crippen LogP contribution is -2.39. The number of hydrogen-bond donors (Lipinski definition) is 1. The van der Waals surface area contributed by atoms with Gasteiger partial charge in [-0.05, 0) is 60.4 Å². The van der Waals surface area contributed by atoms with Crippen molar-refractivity contribution < 1.29 is 14.2 Å². The molecule has 0 bridgehead atoms. The molecule has 0 spiro atoms. The predicted octanol–water partition coefficient (Wildman–Crippen LogP) is 7.50. The molecule has 2 aliphatic carbocycles. The molecule has 0 saturated heterocycles. The molecule has 4 heteroatoms. The van der Waals surface area contributed by atoms with Gasteiger partial charge in [0.1, 0.15) is 5.82 Å². The Balaban J connectivity index is 0.00000149. The largest absolute Gasteiger partial charge is 0.365 e. The van der Waals surface area contributed by atoms with E-state index < -0.39 is 5.79 Å². The van der Waals surface area contributed by atoms with E-state index in [9.17, 15) is 9.50 Å². The molecule has 1 heterocycles. The fourth-order valence-corrected chi connectivity index (χ4v) is 5.62. The summed E-state index contributed by atoms with van der Waals surface area (Å²) in [7, 11) is 0. The molecule has 0 radical (unpaired) electrons. The van der Waals surface area contributed by atoms with E-state index >= 15 is 0 Å². The summed E-state index contributed by atoms with van der Waals surface area (Å²) in [6, 6.07) is 10.5. The summed E-state index contributed by atoms with van der Waals surface area (Å²) in [5, 5.41) is 11.5. The summed E-state index contributed by atoms with van der Waals surface area (Å²) >= 11 is 0. The molecule has 4 unspecified atom stereocenters. The molecule has 1 aromatic carbocycles. The van der Waals surface area contributed by atoms with Crippen LogP contribution in [0.1, 0.15) is 71.9 Å². The van der Waals surface area contributed by atoms with E-state index in [1.54, 1.807) is 12.3 Å². The van der Waals surface area contributed by atoms with Crippen LogP contribution in [0.4, 0.5) is 4.39 Å². The van der Waals surface area contributed by atoms with Crippen molar-refractivity contribution in [3.63, 3.8) is 0 Å². The number of aromatic nitrogens is 1. The first-order valence-electron chi connectivity index (χ1n) is 12.8. The van der Waals surface area contributed by atoms with E-state index in [0.717, 1.165) is 36.1 Å². The molecule has 2 aromatic rings. The van der Waals surface area contributed by atoms with E-state index in [2.05, 4.69) is 24.9 Å². The van der Waals surface area contributed by atoms with Gasteiger partial charge in [-0.25, -0.2) is 4.39 Å². The molecule has 180 valence electrons. The Bertz CT molecular complexity index is 897. The van der Waals surface area contributed by atoms with Gasteiger partial charge in [-0.15, -0.1) is 0 Å². The molecule has 0 aliphatic heterocycles. The molecule has 0 amide bonds. The molecule has 33 heavy (non-hydrogen) atoms. The number of halogens is 1. The predicted molar refractivity (Wildman–Crippen MR) is 134 cm³/mol. The zero-order valence-corrected chi connectivity index (χ0v) is 20.6. The first kappa shape index (κ1) is 25.6. The lowest BCUT2D eigenvalue weighted by atomic mass is 9.71. The summed E-state index contributed by atoms with van der Waals surface area (Å²) < 4.78 is 19.6. The maximum absolute atomic E-state index is 13.5. The molecule has 1 N–H and O–H groups in total. The zero-order valence-electron chi connectivity index (χ0n) is 20.6. The van der Waals surface area contributed by atoms with Crippen LogP contribution in [0, 0.1) is 29.5 Å². The third-order valence-corrected chi connectivity index (χ3v) is 7.19. The Labute approximate surface area is 199 Å². The highest BCUT2D eigenvalue weighted by molar-refractivity contribution is 5.63. The van der Waals surface area contributed by atoms with E-state index in [0.29, 0.717) is 24.4 Å². The molecule has 2 saturated carbocycles. The van der Waals surface area contributed by atoms with Crippen molar-refractivity contribution in [1.29, 1.82) is 0 Å². The third-order valence-electron chi connectivity index (χ3n) is 7.19. The van der Waals surface area contributed by atoms with E-state index in [4.69, 9.17) is 4.74 Å². The van der Waals surface area contributed by atoms with Crippen LogP contribution in [0.15, 0.2) is 48.7 Å². The van der Waals surface area contributed by atoms with Crippen LogP contribution in [-0.2, 0) is 4.74 Å². The molecular formula is C29H40FNO2. The lowest BCUT2D eigenvalue weighted by Gasteiger charge is -2.35. The second-order valence-corrected chi connectivity index (χ2v) is 9.36. The van der Waals surface area contributed by atoms with Gasteiger partial charge in [0.05, 0.1) is 12.3 Å². The summed E-state index contributed by atoms with van der Waals surface area (Å²) in [6.45, 7) is 9.06. The number of hydrogen-bond acceptors (Lipinski definition) is 3. The Morgan fingerprint density at radius 2 is 2.00 bits per heavy atom. The number of pyridine rings is 1. The van der Waals surface area contributed by atoms with Gasteiger partial charge in [0, 0.05) is 24.1 Å². The van der Waals surface area contributed by atoms with Crippen molar-refractivity contribution in [3.05, 3.63) is 60.2 Å². The molecule has 1 aromatic heterocycles. The van der Waals surface area contributed by atoms with Crippen molar-refractivity contribution in [2.45, 2.75) is 72.0 Å². The Morgan fingerprint density at radius 1 is 1.18 bits per heavy atom. The number of fused-ring (bicyclic) bond motifs is 1. The third kappa shape index (κ3) is 6.10. The Kier molecular flexibility index (Phi) is 9.22. The molecule has 2 aliphatic rings. The second-order valence-electron chi connectivity index (χ2n) is 9.36. The standard InChI is InChI=1S/C27H34FNO2.C2H6/c1-3-4-15-31-27(30)17-21-9-5-7-19(2)26(21)25(27)14-13-24-12-11-22(18-29-24)20-8-6-10-23(28)16-20;1-2/h6,8,10-14,16,18-19,21,25-26,30H,3-5,7,9,15,17H2,1-2H3;1-2H3/b14-13+;/t19-,21?,25?,26?,27?;/m1./s1. The summed E-state index contributed by atoms with van der Waals surface area (Å²) in [4.78, 5) is 4.56. The summed E-state index contributed by atoms with van der Waals surface area (Å²) in [5.74, 6) is 0.203. The number of ether oxygens (including phenoxy) is 1.